The fourth-order valence-corrected chi connectivity index (χ4v) is 3.76. The Hall–Kier alpha value is -2.40. The minimum Gasteiger partial charge on any atom is -0.354 e. The molecule has 1 aromatic heterocycles. The molecule has 0 radical (unpaired) electrons. The molecule has 0 aliphatic carbocycles. The van der Waals surface area contributed by atoms with Crippen LogP contribution < -0.4 is 10.7 Å². The Morgan fingerprint density at radius 3 is 2.78 bits per heavy atom. The minimum absolute atomic E-state index is 0.216. The lowest BCUT2D eigenvalue weighted by atomic mass is 9.98. The molecule has 27 heavy (non-hydrogen) atoms. The molecule has 1 fully saturated rings. The zero-order valence-corrected chi connectivity index (χ0v) is 16.3. The van der Waals surface area contributed by atoms with Gasteiger partial charge in [0.05, 0.1) is 0 Å². The van der Waals surface area contributed by atoms with E-state index in [9.17, 15) is 9.59 Å². The molecular formula is C22H29N3O2. The van der Waals surface area contributed by atoms with E-state index in [0.717, 1.165) is 31.6 Å². The summed E-state index contributed by atoms with van der Waals surface area (Å²) < 4.78 is 1.80. The highest BCUT2D eigenvalue weighted by molar-refractivity contribution is 5.93. The zero-order valence-electron chi connectivity index (χ0n) is 16.3. The third-order valence-corrected chi connectivity index (χ3v) is 5.47. The average molecular weight is 367 g/mol. The first-order valence-corrected chi connectivity index (χ1v) is 9.78. The smallest absolute Gasteiger partial charge is 0.256 e. The quantitative estimate of drug-likeness (QED) is 0.854. The van der Waals surface area contributed by atoms with E-state index < -0.39 is 0 Å². The molecule has 1 aliphatic heterocycles. The fraction of sp³-hybridized carbons (Fsp3) is 0.455. The third-order valence-electron chi connectivity index (χ3n) is 5.47. The topological polar surface area (TPSA) is 54.3 Å². The lowest BCUT2D eigenvalue weighted by Gasteiger charge is -2.36. The number of likely N-dealkylation sites (tertiary alicyclic amines) is 1. The Balaban J connectivity index is 1.56. The molecule has 1 aliphatic rings. The highest BCUT2D eigenvalue weighted by atomic mass is 16.2. The second kappa shape index (κ2) is 9.00. The molecule has 1 N–H and O–H groups in total. The van der Waals surface area contributed by atoms with Gasteiger partial charge in [-0.1, -0.05) is 36.8 Å². The summed E-state index contributed by atoms with van der Waals surface area (Å²) in [5, 5.41) is 2.94. The van der Waals surface area contributed by atoms with E-state index in [1.165, 1.54) is 24.5 Å². The van der Waals surface area contributed by atoms with Gasteiger partial charge >= 0.3 is 0 Å². The first-order chi connectivity index (χ1) is 13.0. The molecule has 2 aromatic rings. The Labute approximate surface area is 161 Å². The average Bonchev–Trinajstić information content (AvgIpc) is 2.67. The summed E-state index contributed by atoms with van der Waals surface area (Å²) >= 11 is 0. The van der Waals surface area contributed by atoms with Crippen LogP contribution in [0, 0.1) is 6.92 Å². The number of aryl methyl sites for hydroxylation is 2. The van der Waals surface area contributed by atoms with E-state index in [2.05, 4.69) is 34.5 Å². The van der Waals surface area contributed by atoms with Crippen molar-refractivity contribution in [1.82, 2.24) is 14.8 Å². The minimum atomic E-state index is -0.277. The van der Waals surface area contributed by atoms with Crippen LogP contribution in [0.1, 0.15) is 47.3 Å². The van der Waals surface area contributed by atoms with Gasteiger partial charge in [0.25, 0.3) is 5.91 Å². The van der Waals surface area contributed by atoms with Crippen LogP contribution in [0.2, 0.25) is 0 Å². The van der Waals surface area contributed by atoms with Gasteiger partial charge in [0.15, 0.2) is 5.43 Å². The van der Waals surface area contributed by atoms with Crippen molar-refractivity contribution < 1.29 is 4.79 Å². The summed E-state index contributed by atoms with van der Waals surface area (Å²) in [6.45, 7) is 4.50. The number of benzene rings is 1. The predicted molar refractivity (Wildman–Crippen MR) is 108 cm³/mol. The first kappa shape index (κ1) is 19.4. The molecule has 3 rings (SSSR count). The highest BCUT2D eigenvalue weighted by Gasteiger charge is 2.22. The summed E-state index contributed by atoms with van der Waals surface area (Å²) in [4.78, 5) is 27.0. The van der Waals surface area contributed by atoms with Crippen LogP contribution >= 0.6 is 0 Å². The lowest BCUT2D eigenvalue weighted by molar-refractivity contribution is 0.0935. The maximum atomic E-state index is 12.4. The largest absolute Gasteiger partial charge is 0.354 e. The molecule has 144 valence electrons. The van der Waals surface area contributed by atoms with Gasteiger partial charge in [0.2, 0.25) is 0 Å². The first-order valence-electron chi connectivity index (χ1n) is 9.78. The molecule has 5 heteroatoms. The van der Waals surface area contributed by atoms with Crippen molar-refractivity contribution in [3.05, 3.63) is 69.6 Å². The van der Waals surface area contributed by atoms with Crippen LogP contribution in [0.4, 0.5) is 0 Å². The lowest BCUT2D eigenvalue weighted by Crippen LogP contribution is -2.41. The van der Waals surface area contributed by atoms with Crippen molar-refractivity contribution in [3.63, 3.8) is 0 Å². The third kappa shape index (κ3) is 5.07. The number of amides is 1. The maximum absolute atomic E-state index is 12.4. The normalized spacial score (nSPS) is 17.6. The van der Waals surface area contributed by atoms with Crippen molar-refractivity contribution in [2.24, 2.45) is 7.05 Å². The molecule has 5 nitrogen and oxygen atoms in total. The Morgan fingerprint density at radius 1 is 1.22 bits per heavy atom. The van der Waals surface area contributed by atoms with Crippen molar-refractivity contribution in [1.29, 1.82) is 0 Å². The van der Waals surface area contributed by atoms with Crippen LogP contribution in [0.15, 0.2) is 47.4 Å². The molecule has 2 heterocycles. The van der Waals surface area contributed by atoms with Gasteiger partial charge in [-0.05, 0) is 38.3 Å². The van der Waals surface area contributed by atoms with Gasteiger partial charge in [0.1, 0.15) is 5.56 Å². The van der Waals surface area contributed by atoms with E-state index in [1.807, 2.05) is 20.0 Å². The van der Waals surface area contributed by atoms with Crippen LogP contribution in [0.5, 0.6) is 0 Å². The summed E-state index contributed by atoms with van der Waals surface area (Å²) in [5.41, 5.74) is 2.17. The number of pyridine rings is 1. The number of piperidine rings is 1. The second-order valence-corrected chi connectivity index (χ2v) is 7.45. The maximum Gasteiger partial charge on any atom is 0.256 e. The monoisotopic (exact) mass is 367 g/mol. The van der Waals surface area contributed by atoms with Gasteiger partial charge in [-0.2, -0.15) is 0 Å². The van der Waals surface area contributed by atoms with Gasteiger partial charge < -0.3 is 9.88 Å². The number of nitrogens with one attached hydrogen (secondary N) is 1. The standard InChI is InChI=1S/C22H29N3O2/c1-17-14-21(26)20(16-24(17)2)22(27)23-12-11-19-10-6-7-13-25(19)15-18-8-4-3-5-9-18/h3-5,8-9,14,16,19H,6-7,10-13,15H2,1-2H3,(H,23,27)/t19-/m0/s1. The fourth-order valence-electron chi connectivity index (χ4n) is 3.76. The SMILES string of the molecule is Cc1cc(=O)c(C(=O)NCC[C@@H]2CCCCN2Cc2ccccc2)cn1C. The molecule has 0 bridgehead atoms. The van der Waals surface area contributed by atoms with Crippen LogP contribution in [-0.2, 0) is 13.6 Å². The van der Waals surface area contributed by atoms with Gasteiger partial charge in [-0.15, -0.1) is 0 Å². The Morgan fingerprint density at radius 2 is 2.00 bits per heavy atom. The van der Waals surface area contributed by atoms with Gasteiger partial charge in [-0.3, -0.25) is 14.5 Å². The molecule has 1 amide bonds. The van der Waals surface area contributed by atoms with Crippen LogP contribution in [0.3, 0.4) is 0 Å². The Bertz CT molecular complexity index is 829. The highest BCUT2D eigenvalue weighted by Crippen LogP contribution is 2.21. The number of nitrogens with zero attached hydrogens (tertiary/aromatic N) is 2. The molecule has 1 saturated heterocycles. The van der Waals surface area contributed by atoms with Crippen molar-refractivity contribution in [2.45, 2.75) is 45.2 Å². The summed E-state index contributed by atoms with van der Waals surface area (Å²) in [6, 6.07) is 12.5. The van der Waals surface area contributed by atoms with Crippen molar-refractivity contribution in [2.75, 3.05) is 13.1 Å². The van der Waals surface area contributed by atoms with Gasteiger partial charge in [0, 0.05) is 44.1 Å². The van der Waals surface area contributed by atoms with Crippen LogP contribution in [0.25, 0.3) is 0 Å². The summed E-state index contributed by atoms with van der Waals surface area (Å²) in [6.07, 6.45) is 6.16. The van der Waals surface area contributed by atoms with E-state index in [-0.39, 0.29) is 16.9 Å². The van der Waals surface area contributed by atoms with Crippen molar-refractivity contribution in [3.8, 4) is 0 Å². The predicted octanol–water partition coefficient (Wildman–Crippen LogP) is 2.87. The second-order valence-electron chi connectivity index (χ2n) is 7.45. The van der Waals surface area contributed by atoms with E-state index in [1.54, 1.807) is 10.8 Å². The number of hydrogen-bond acceptors (Lipinski definition) is 3. The number of rotatable bonds is 6. The summed E-state index contributed by atoms with van der Waals surface area (Å²) in [5.74, 6) is -0.277. The number of aromatic nitrogens is 1. The molecule has 0 spiro atoms. The molecular weight excluding hydrogens is 338 g/mol. The number of hydrogen-bond donors (Lipinski definition) is 1. The summed E-state index contributed by atoms with van der Waals surface area (Å²) in [7, 11) is 1.84. The number of carbonyl (C=O) groups is 1. The van der Waals surface area contributed by atoms with E-state index in [4.69, 9.17) is 0 Å². The van der Waals surface area contributed by atoms with E-state index in [0.29, 0.717) is 12.6 Å². The molecule has 1 aromatic carbocycles. The molecule has 1 atom stereocenters. The molecule has 0 saturated carbocycles. The van der Waals surface area contributed by atoms with Crippen LogP contribution in [-0.4, -0.2) is 34.5 Å². The van der Waals surface area contributed by atoms with E-state index >= 15 is 0 Å². The van der Waals surface area contributed by atoms with Crippen molar-refractivity contribution >= 4 is 5.91 Å². The Kier molecular flexibility index (Phi) is 6.45. The van der Waals surface area contributed by atoms with Gasteiger partial charge in [-0.25, -0.2) is 0 Å². The number of carbonyl (C=O) groups excluding carboxylic acids is 1. The molecule has 0 unspecified atom stereocenters. The zero-order chi connectivity index (χ0) is 19.2.